The summed E-state index contributed by atoms with van der Waals surface area (Å²) in [6.07, 6.45) is 5.74. The normalized spacial score (nSPS) is 18.4. The average Bonchev–Trinajstić information content (AvgIpc) is 2.91. The molecule has 2 N–H and O–H groups in total. The van der Waals surface area contributed by atoms with Gasteiger partial charge in [0.1, 0.15) is 0 Å². The first-order chi connectivity index (χ1) is 9.47. The Morgan fingerprint density at radius 3 is 2.30 bits per heavy atom. The van der Waals surface area contributed by atoms with Crippen molar-refractivity contribution >= 4 is 11.8 Å². The zero-order valence-electron chi connectivity index (χ0n) is 13.2. The molecule has 1 aliphatic carbocycles. The molecular weight excluding hydrogens is 262 g/mol. The Kier molecular flexibility index (Phi) is 5.57. The predicted molar refractivity (Wildman–Crippen MR) is 91.4 cm³/mol. The fourth-order valence-corrected chi connectivity index (χ4v) is 4.11. The van der Waals surface area contributed by atoms with Crippen LogP contribution in [0.5, 0.6) is 0 Å². The average molecular weight is 292 g/mol. The summed E-state index contributed by atoms with van der Waals surface area (Å²) in [7, 11) is 0. The monoisotopic (exact) mass is 291 g/mol. The molecule has 0 aromatic heterocycles. The number of thioether (sulfide) groups is 1. The molecule has 1 saturated carbocycles. The van der Waals surface area contributed by atoms with Gasteiger partial charge in [0.2, 0.25) is 0 Å². The molecule has 1 unspecified atom stereocenters. The Balaban J connectivity index is 1.81. The van der Waals surface area contributed by atoms with E-state index in [1.165, 1.54) is 42.6 Å². The molecule has 2 heteroatoms. The molecule has 112 valence electrons. The van der Waals surface area contributed by atoms with Gasteiger partial charge in [-0.05, 0) is 41.1 Å². The molecule has 1 aliphatic rings. The van der Waals surface area contributed by atoms with Crippen LogP contribution in [0.2, 0.25) is 0 Å². The first kappa shape index (κ1) is 15.9. The SMILES string of the molecule is CC(C)(C)c1ccc(C(N)CSCC2CCCC2)cc1. The van der Waals surface area contributed by atoms with Gasteiger partial charge in [0.25, 0.3) is 0 Å². The molecule has 0 heterocycles. The van der Waals surface area contributed by atoms with Crippen LogP contribution in [0, 0.1) is 5.92 Å². The van der Waals surface area contributed by atoms with Crippen molar-refractivity contribution in [2.75, 3.05) is 11.5 Å². The Morgan fingerprint density at radius 1 is 1.15 bits per heavy atom. The highest BCUT2D eigenvalue weighted by Crippen LogP contribution is 2.29. The molecule has 20 heavy (non-hydrogen) atoms. The fourth-order valence-electron chi connectivity index (χ4n) is 2.87. The fraction of sp³-hybridized carbons (Fsp3) is 0.667. The number of nitrogens with two attached hydrogens (primary N) is 1. The summed E-state index contributed by atoms with van der Waals surface area (Å²) in [6.45, 7) is 6.75. The second-order valence-corrected chi connectivity index (χ2v) is 8.24. The van der Waals surface area contributed by atoms with E-state index in [0.717, 1.165) is 11.7 Å². The zero-order chi connectivity index (χ0) is 14.6. The van der Waals surface area contributed by atoms with Crippen LogP contribution in [-0.4, -0.2) is 11.5 Å². The third-order valence-electron chi connectivity index (χ3n) is 4.33. The van der Waals surface area contributed by atoms with Crippen LogP contribution >= 0.6 is 11.8 Å². The Morgan fingerprint density at radius 2 is 1.75 bits per heavy atom. The summed E-state index contributed by atoms with van der Waals surface area (Å²) in [5.74, 6) is 3.30. The molecule has 0 spiro atoms. The Bertz CT molecular complexity index is 398. The van der Waals surface area contributed by atoms with E-state index in [1.807, 2.05) is 11.8 Å². The van der Waals surface area contributed by atoms with Gasteiger partial charge in [0.15, 0.2) is 0 Å². The van der Waals surface area contributed by atoms with Gasteiger partial charge in [-0.25, -0.2) is 0 Å². The van der Waals surface area contributed by atoms with Gasteiger partial charge >= 0.3 is 0 Å². The lowest BCUT2D eigenvalue weighted by Gasteiger charge is -2.20. The third kappa shape index (κ3) is 4.53. The highest BCUT2D eigenvalue weighted by molar-refractivity contribution is 7.99. The molecule has 0 amide bonds. The van der Waals surface area contributed by atoms with Crippen molar-refractivity contribution in [1.82, 2.24) is 0 Å². The second-order valence-electron chi connectivity index (χ2n) is 7.17. The van der Waals surface area contributed by atoms with E-state index in [2.05, 4.69) is 45.0 Å². The lowest BCUT2D eigenvalue weighted by molar-refractivity contribution is 0.589. The van der Waals surface area contributed by atoms with E-state index in [-0.39, 0.29) is 11.5 Å². The van der Waals surface area contributed by atoms with E-state index in [1.54, 1.807) is 0 Å². The molecule has 0 radical (unpaired) electrons. The zero-order valence-corrected chi connectivity index (χ0v) is 14.0. The minimum absolute atomic E-state index is 0.176. The number of rotatable bonds is 5. The van der Waals surface area contributed by atoms with Gasteiger partial charge in [-0.3, -0.25) is 0 Å². The van der Waals surface area contributed by atoms with E-state index in [0.29, 0.717) is 0 Å². The maximum Gasteiger partial charge on any atom is 0.0386 e. The van der Waals surface area contributed by atoms with Crippen molar-refractivity contribution in [2.45, 2.75) is 57.9 Å². The van der Waals surface area contributed by atoms with Crippen molar-refractivity contribution in [3.63, 3.8) is 0 Å². The van der Waals surface area contributed by atoms with Crippen molar-refractivity contribution < 1.29 is 0 Å². The molecule has 1 fully saturated rings. The van der Waals surface area contributed by atoms with Crippen LogP contribution in [0.25, 0.3) is 0 Å². The number of hydrogen-bond acceptors (Lipinski definition) is 2. The van der Waals surface area contributed by atoms with Gasteiger partial charge in [0, 0.05) is 11.8 Å². The van der Waals surface area contributed by atoms with Crippen LogP contribution in [0.3, 0.4) is 0 Å². The minimum Gasteiger partial charge on any atom is -0.323 e. The van der Waals surface area contributed by atoms with Crippen LogP contribution in [0.4, 0.5) is 0 Å². The Labute approximate surface area is 128 Å². The number of hydrogen-bond donors (Lipinski definition) is 1. The standard InChI is InChI=1S/C18H29NS/c1-18(2,3)16-10-8-15(9-11-16)17(19)13-20-12-14-6-4-5-7-14/h8-11,14,17H,4-7,12-13,19H2,1-3H3. The number of benzene rings is 1. The van der Waals surface area contributed by atoms with Gasteiger partial charge < -0.3 is 5.73 Å². The van der Waals surface area contributed by atoms with Gasteiger partial charge in [-0.2, -0.15) is 11.8 Å². The van der Waals surface area contributed by atoms with Crippen LogP contribution in [-0.2, 0) is 5.41 Å². The van der Waals surface area contributed by atoms with Crippen molar-refractivity contribution in [2.24, 2.45) is 11.7 Å². The van der Waals surface area contributed by atoms with E-state index >= 15 is 0 Å². The highest BCUT2D eigenvalue weighted by Gasteiger charge is 2.16. The molecule has 1 aromatic rings. The van der Waals surface area contributed by atoms with Crippen molar-refractivity contribution in [3.05, 3.63) is 35.4 Å². The van der Waals surface area contributed by atoms with Crippen molar-refractivity contribution in [1.29, 1.82) is 0 Å². The first-order valence-corrected chi connectivity index (χ1v) is 9.06. The molecule has 1 aromatic carbocycles. The van der Waals surface area contributed by atoms with E-state index in [4.69, 9.17) is 5.73 Å². The highest BCUT2D eigenvalue weighted by atomic mass is 32.2. The van der Waals surface area contributed by atoms with Crippen LogP contribution in [0.1, 0.15) is 63.6 Å². The maximum atomic E-state index is 6.32. The summed E-state index contributed by atoms with van der Waals surface area (Å²) in [5, 5.41) is 0. The second kappa shape index (κ2) is 7.00. The molecule has 0 aliphatic heterocycles. The molecule has 0 saturated heterocycles. The molecular formula is C18H29NS. The lowest BCUT2D eigenvalue weighted by Crippen LogP contribution is -2.15. The minimum atomic E-state index is 0.176. The first-order valence-electron chi connectivity index (χ1n) is 7.90. The van der Waals surface area contributed by atoms with Crippen LogP contribution in [0.15, 0.2) is 24.3 Å². The summed E-state index contributed by atoms with van der Waals surface area (Å²) in [4.78, 5) is 0. The topological polar surface area (TPSA) is 26.0 Å². The predicted octanol–water partition coefficient (Wildman–Crippen LogP) is 4.91. The van der Waals surface area contributed by atoms with Gasteiger partial charge in [0.05, 0.1) is 0 Å². The van der Waals surface area contributed by atoms with E-state index in [9.17, 15) is 0 Å². The smallest absolute Gasteiger partial charge is 0.0386 e. The molecule has 1 atom stereocenters. The molecule has 1 nitrogen and oxygen atoms in total. The largest absolute Gasteiger partial charge is 0.323 e. The molecule has 2 rings (SSSR count). The quantitative estimate of drug-likeness (QED) is 0.834. The third-order valence-corrected chi connectivity index (χ3v) is 5.63. The summed E-state index contributed by atoms with van der Waals surface area (Å²) in [5.41, 5.74) is 9.20. The van der Waals surface area contributed by atoms with E-state index < -0.39 is 0 Å². The summed E-state index contributed by atoms with van der Waals surface area (Å²) < 4.78 is 0. The van der Waals surface area contributed by atoms with Gasteiger partial charge in [-0.15, -0.1) is 0 Å². The lowest BCUT2D eigenvalue weighted by atomic mass is 9.86. The van der Waals surface area contributed by atoms with Crippen LogP contribution < -0.4 is 5.73 Å². The maximum absolute atomic E-state index is 6.32. The Hall–Kier alpha value is -0.470. The molecule has 0 bridgehead atoms. The van der Waals surface area contributed by atoms with Gasteiger partial charge in [-0.1, -0.05) is 57.9 Å². The van der Waals surface area contributed by atoms with Crippen molar-refractivity contribution in [3.8, 4) is 0 Å². The summed E-state index contributed by atoms with van der Waals surface area (Å²) in [6, 6.07) is 9.06. The summed E-state index contributed by atoms with van der Waals surface area (Å²) >= 11 is 2.04.